The second kappa shape index (κ2) is 6.41. The van der Waals surface area contributed by atoms with Crippen molar-refractivity contribution in [1.82, 2.24) is 19.6 Å². The number of aromatic nitrogens is 2. The van der Waals surface area contributed by atoms with Crippen molar-refractivity contribution < 1.29 is 0 Å². The molecule has 0 saturated heterocycles. The van der Waals surface area contributed by atoms with Crippen molar-refractivity contribution in [2.45, 2.75) is 19.0 Å². The van der Waals surface area contributed by atoms with Gasteiger partial charge < -0.3 is 4.90 Å². The van der Waals surface area contributed by atoms with Gasteiger partial charge in [-0.25, -0.2) is 0 Å². The Balaban J connectivity index is 1.65. The number of likely N-dealkylation sites (N-methyl/N-ethyl adjacent to an activating group) is 1. The predicted molar refractivity (Wildman–Crippen MR) is 85.2 cm³/mol. The lowest BCUT2D eigenvalue weighted by Gasteiger charge is -2.35. The van der Waals surface area contributed by atoms with Crippen molar-refractivity contribution >= 4 is 0 Å². The molecule has 0 fully saturated rings. The third-order valence-electron chi connectivity index (χ3n) is 4.09. The molecule has 1 aromatic heterocycles. The first-order valence-corrected chi connectivity index (χ1v) is 7.66. The van der Waals surface area contributed by atoms with E-state index in [0.29, 0.717) is 6.04 Å². The molecule has 0 bridgehead atoms. The molecule has 1 aliphatic heterocycles. The molecule has 2 heterocycles. The number of hydrogen-bond acceptors (Lipinski definition) is 3. The summed E-state index contributed by atoms with van der Waals surface area (Å²) in [7, 11) is 4.26. The first-order valence-electron chi connectivity index (χ1n) is 7.66. The molecular formula is C17H24N4. The maximum atomic E-state index is 4.51. The minimum Gasteiger partial charge on any atom is -0.307 e. The molecule has 4 nitrogen and oxygen atoms in total. The van der Waals surface area contributed by atoms with Gasteiger partial charge in [-0.1, -0.05) is 30.3 Å². The molecule has 3 rings (SSSR count). The first-order chi connectivity index (χ1) is 10.2. The standard InChI is InChI=1S/C17H24N4/c1-19(2)12-17-14-20(13-16-8-10-18-21(16)17)11-9-15-6-4-3-5-7-15/h3-8,10,17H,9,11-14H2,1-2H3/t17-/m1/s1. The van der Waals surface area contributed by atoms with Crippen molar-refractivity contribution in [3.8, 4) is 0 Å². The lowest BCUT2D eigenvalue weighted by Crippen LogP contribution is -2.42. The highest BCUT2D eigenvalue weighted by Gasteiger charge is 2.25. The van der Waals surface area contributed by atoms with E-state index in [1.165, 1.54) is 11.3 Å². The molecule has 1 atom stereocenters. The molecule has 0 aliphatic carbocycles. The van der Waals surface area contributed by atoms with Crippen molar-refractivity contribution in [1.29, 1.82) is 0 Å². The van der Waals surface area contributed by atoms with E-state index in [4.69, 9.17) is 0 Å². The molecule has 1 aromatic carbocycles. The average molecular weight is 284 g/mol. The molecule has 0 unspecified atom stereocenters. The molecule has 0 radical (unpaired) electrons. The van der Waals surface area contributed by atoms with Crippen LogP contribution in [0.3, 0.4) is 0 Å². The molecule has 1 aliphatic rings. The highest BCUT2D eigenvalue weighted by atomic mass is 15.4. The fourth-order valence-electron chi connectivity index (χ4n) is 3.12. The summed E-state index contributed by atoms with van der Waals surface area (Å²) in [6.45, 7) is 4.24. The second-order valence-electron chi connectivity index (χ2n) is 6.15. The maximum Gasteiger partial charge on any atom is 0.0776 e. The number of nitrogens with zero attached hydrogens (tertiary/aromatic N) is 4. The summed E-state index contributed by atoms with van der Waals surface area (Å²) in [6, 6.07) is 13.4. The Bertz CT molecular complexity index is 561. The molecule has 4 heteroatoms. The fraction of sp³-hybridized carbons (Fsp3) is 0.471. The topological polar surface area (TPSA) is 24.3 Å². The van der Waals surface area contributed by atoms with E-state index in [-0.39, 0.29) is 0 Å². The van der Waals surface area contributed by atoms with Crippen molar-refractivity contribution in [3.63, 3.8) is 0 Å². The molecule has 21 heavy (non-hydrogen) atoms. The summed E-state index contributed by atoms with van der Waals surface area (Å²) in [5.41, 5.74) is 2.75. The Hall–Kier alpha value is -1.65. The summed E-state index contributed by atoms with van der Waals surface area (Å²) in [6.07, 6.45) is 3.04. The summed E-state index contributed by atoms with van der Waals surface area (Å²) in [5.74, 6) is 0. The van der Waals surface area contributed by atoms with Crippen LogP contribution in [0.5, 0.6) is 0 Å². The summed E-state index contributed by atoms with van der Waals surface area (Å²) < 4.78 is 2.21. The lowest BCUT2D eigenvalue weighted by atomic mass is 10.1. The quantitative estimate of drug-likeness (QED) is 0.840. The largest absolute Gasteiger partial charge is 0.307 e. The van der Waals surface area contributed by atoms with Gasteiger partial charge >= 0.3 is 0 Å². The highest BCUT2D eigenvalue weighted by Crippen LogP contribution is 2.21. The van der Waals surface area contributed by atoms with E-state index in [2.05, 4.69) is 70.1 Å². The number of hydrogen-bond donors (Lipinski definition) is 0. The summed E-state index contributed by atoms with van der Waals surface area (Å²) in [5, 5.41) is 4.51. The van der Waals surface area contributed by atoms with E-state index in [1.54, 1.807) is 0 Å². The maximum absolute atomic E-state index is 4.51. The third-order valence-corrected chi connectivity index (χ3v) is 4.09. The monoisotopic (exact) mass is 284 g/mol. The van der Waals surface area contributed by atoms with Crippen molar-refractivity contribution in [2.24, 2.45) is 0 Å². The van der Waals surface area contributed by atoms with Crippen molar-refractivity contribution in [3.05, 3.63) is 53.9 Å². The third kappa shape index (κ3) is 3.52. The van der Waals surface area contributed by atoms with Crippen LogP contribution in [0.15, 0.2) is 42.6 Å². The van der Waals surface area contributed by atoms with Crippen LogP contribution in [0.1, 0.15) is 17.3 Å². The molecule has 112 valence electrons. The molecule has 0 spiro atoms. The van der Waals surface area contributed by atoms with Crippen LogP contribution in [0, 0.1) is 0 Å². The van der Waals surface area contributed by atoms with Gasteiger partial charge in [0.1, 0.15) is 0 Å². The fourth-order valence-corrected chi connectivity index (χ4v) is 3.12. The minimum absolute atomic E-state index is 0.453. The zero-order valence-electron chi connectivity index (χ0n) is 12.9. The van der Waals surface area contributed by atoms with Crippen LogP contribution in [-0.4, -0.2) is 53.3 Å². The lowest BCUT2D eigenvalue weighted by molar-refractivity contribution is 0.154. The normalized spacial score (nSPS) is 18.9. The van der Waals surface area contributed by atoms with Crippen LogP contribution in [0.4, 0.5) is 0 Å². The van der Waals surface area contributed by atoms with Gasteiger partial charge in [0.2, 0.25) is 0 Å². The SMILES string of the molecule is CN(C)C[C@@H]1CN(CCc2ccccc2)Cc2ccnn21. The van der Waals surface area contributed by atoms with Crippen LogP contribution in [-0.2, 0) is 13.0 Å². The Labute approximate surface area is 127 Å². The molecule has 0 saturated carbocycles. The number of rotatable bonds is 5. The van der Waals surface area contributed by atoms with E-state index in [1.807, 2.05) is 6.20 Å². The highest BCUT2D eigenvalue weighted by molar-refractivity contribution is 5.15. The molecule has 0 amide bonds. The number of benzene rings is 1. The van der Waals surface area contributed by atoms with Crippen LogP contribution in [0.25, 0.3) is 0 Å². The molecule has 2 aromatic rings. The summed E-state index contributed by atoms with van der Waals surface area (Å²) >= 11 is 0. The van der Waals surface area contributed by atoms with Gasteiger partial charge in [-0.2, -0.15) is 5.10 Å². The van der Waals surface area contributed by atoms with E-state index in [9.17, 15) is 0 Å². The molecule has 0 N–H and O–H groups in total. The van der Waals surface area contributed by atoms with Gasteiger partial charge in [0.05, 0.1) is 11.7 Å². The zero-order valence-corrected chi connectivity index (χ0v) is 12.9. The average Bonchev–Trinajstić information content (AvgIpc) is 2.94. The van der Waals surface area contributed by atoms with Gasteiger partial charge in [0.25, 0.3) is 0 Å². The van der Waals surface area contributed by atoms with Gasteiger partial charge in [0.15, 0.2) is 0 Å². The van der Waals surface area contributed by atoms with Crippen LogP contribution >= 0.6 is 0 Å². The van der Waals surface area contributed by atoms with Crippen LogP contribution < -0.4 is 0 Å². The Kier molecular flexibility index (Phi) is 4.36. The summed E-state index contributed by atoms with van der Waals surface area (Å²) in [4.78, 5) is 4.80. The van der Waals surface area contributed by atoms with E-state index >= 15 is 0 Å². The van der Waals surface area contributed by atoms with Gasteiger partial charge in [-0.05, 0) is 32.1 Å². The van der Waals surface area contributed by atoms with Gasteiger partial charge in [0, 0.05) is 32.4 Å². The Morgan fingerprint density at radius 3 is 2.76 bits per heavy atom. The first kappa shape index (κ1) is 14.3. The Morgan fingerprint density at radius 1 is 1.19 bits per heavy atom. The second-order valence-corrected chi connectivity index (χ2v) is 6.15. The van der Waals surface area contributed by atoms with E-state index in [0.717, 1.165) is 32.6 Å². The van der Waals surface area contributed by atoms with Gasteiger partial charge in [-0.3, -0.25) is 9.58 Å². The van der Waals surface area contributed by atoms with Crippen molar-refractivity contribution in [2.75, 3.05) is 33.7 Å². The number of fused-ring (bicyclic) bond motifs is 1. The molecular weight excluding hydrogens is 260 g/mol. The Morgan fingerprint density at radius 2 is 2.00 bits per heavy atom. The predicted octanol–water partition coefficient (Wildman–Crippen LogP) is 2.04. The minimum atomic E-state index is 0.453. The van der Waals surface area contributed by atoms with Crippen LogP contribution in [0.2, 0.25) is 0 Å². The smallest absolute Gasteiger partial charge is 0.0776 e. The zero-order chi connectivity index (χ0) is 14.7. The van der Waals surface area contributed by atoms with Gasteiger partial charge in [-0.15, -0.1) is 0 Å². The van der Waals surface area contributed by atoms with E-state index < -0.39 is 0 Å².